The highest BCUT2D eigenvalue weighted by atomic mass is 32.1. The summed E-state index contributed by atoms with van der Waals surface area (Å²) < 4.78 is 5.39. The molecule has 0 aliphatic heterocycles. The van der Waals surface area contributed by atoms with Crippen LogP contribution in [-0.4, -0.2) is 43.6 Å². The van der Waals surface area contributed by atoms with Gasteiger partial charge in [-0.3, -0.25) is 4.79 Å². The number of nitrogens with zero attached hydrogens (tertiary/aromatic N) is 1. The van der Waals surface area contributed by atoms with Crippen LogP contribution in [0.2, 0.25) is 0 Å². The van der Waals surface area contributed by atoms with Crippen LogP contribution < -0.4 is 10.1 Å². The van der Waals surface area contributed by atoms with E-state index in [1.54, 1.807) is 18.4 Å². The van der Waals surface area contributed by atoms with Crippen LogP contribution in [0.1, 0.15) is 54.4 Å². The molecule has 1 N–H and O–H groups in total. The van der Waals surface area contributed by atoms with Crippen LogP contribution in [0.25, 0.3) is 10.4 Å². The summed E-state index contributed by atoms with van der Waals surface area (Å²) in [5, 5.41) is 3.19. The molecular formula is C23H32N2O2S. The standard InChI is InChI=1S/C23H32N2O2S/c1-5-25(6-2)13-7-8-16(3)24-23(26)21-14-18-10-9-17-11-12-19(27-4)15-20(17)22(18)28-21/h11-12,14-16H,5-10,13H2,1-4H3,(H,24,26)/t16-/m0/s1. The fraction of sp³-hybridized carbons (Fsp3) is 0.522. The lowest BCUT2D eigenvalue weighted by Crippen LogP contribution is -2.33. The first-order valence-corrected chi connectivity index (χ1v) is 11.2. The van der Waals surface area contributed by atoms with Crippen molar-refractivity contribution in [3.05, 3.63) is 40.3 Å². The third-order valence-corrected chi connectivity index (χ3v) is 6.85. The Hall–Kier alpha value is -1.85. The normalized spacial score (nSPS) is 13.8. The quantitative estimate of drug-likeness (QED) is 0.660. The van der Waals surface area contributed by atoms with Crippen LogP contribution in [0, 0.1) is 0 Å². The number of rotatable bonds is 9. The molecule has 2 aromatic rings. The monoisotopic (exact) mass is 400 g/mol. The lowest BCUT2D eigenvalue weighted by atomic mass is 9.91. The maximum Gasteiger partial charge on any atom is 0.261 e. The number of hydrogen-bond donors (Lipinski definition) is 1. The summed E-state index contributed by atoms with van der Waals surface area (Å²) in [6.07, 6.45) is 4.13. The number of thiophene rings is 1. The molecule has 1 aromatic carbocycles. The van der Waals surface area contributed by atoms with Gasteiger partial charge < -0.3 is 15.0 Å². The zero-order chi connectivity index (χ0) is 20.1. The molecule has 1 aliphatic carbocycles. The van der Waals surface area contributed by atoms with Crippen LogP contribution in [-0.2, 0) is 12.8 Å². The Kier molecular flexibility index (Phi) is 7.13. The Morgan fingerprint density at radius 3 is 2.68 bits per heavy atom. The van der Waals surface area contributed by atoms with Gasteiger partial charge in [0, 0.05) is 10.9 Å². The summed E-state index contributed by atoms with van der Waals surface area (Å²) in [5.74, 6) is 0.923. The van der Waals surface area contributed by atoms with Crippen molar-refractivity contribution in [2.75, 3.05) is 26.7 Å². The first-order chi connectivity index (χ1) is 13.5. The first-order valence-electron chi connectivity index (χ1n) is 10.4. The molecule has 0 radical (unpaired) electrons. The van der Waals surface area contributed by atoms with Gasteiger partial charge in [0.25, 0.3) is 5.91 Å². The van der Waals surface area contributed by atoms with Crippen molar-refractivity contribution in [1.82, 2.24) is 10.2 Å². The summed E-state index contributed by atoms with van der Waals surface area (Å²) in [7, 11) is 1.69. The smallest absolute Gasteiger partial charge is 0.261 e. The Morgan fingerprint density at radius 1 is 1.21 bits per heavy atom. The predicted molar refractivity (Wildman–Crippen MR) is 118 cm³/mol. The minimum Gasteiger partial charge on any atom is -0.497 e. The maximum absolute atomic E-state index is 12.8. The fourth-order valence-electron chi connectivity index (χ4n) is 3.86. The van der Waals surface area contributed by atoms with Gasteiger partial charge in [-0.15, -0.1) is 11.3 Å². The molecule has 1 atom stereocenters. The summed E-state index contributed by atoms with van der Waals surface area (Å²) in [4.78, 5) is 17.2. The molecule has 0 spiro atoms. The number of nitrogens with one attached hydrogen (secondary N) is 1. The third kappa shape index (κ3) is 4.76. The molecule has 0 bridgehead atoms. The highest BCUT2D eigenvalue weighted by molar-refractivity contribution is 7.17. The Bertz CT molecular complexity index is 811. The van der Waals surface area contributed by atoms with Crippen molar-refractivity contribution >= 4 is 17.2 Å². The number of fused-ring (bicyclic) bond motifs is 3. The van der Waals surface area contributed by atoms with Gasteiger partial charge in [0.2, 0.25) is 0 Å². The Balaban J connectivity index is 1.64. The summed E-state index contributed by atoms with van der Waals surface area (Å²) in [5.41, 5.74) is 3.84. The van der Waals surface area contributed by atoms with E-state index >= 15 is 0 Å². The molecule has 1 amide bonds. The fourth-order valence-corrected chi connectivity index (χ4v) is 5.03. The lowest BCUT2D eigenvalue weighted by Gasteiger charge is -2.19. The van der Waals surface area contributed by atoms with Crippen molar-refractivity contribution in [1.29, 1.82) is 0 Å². The van der Waals surface area contributed by atoms with E-state index in [1.165, 1.54) is 21.6 Å². The van der Waals surface area contributed by atoms with E-state index in [0.29, 0.717) is 0 Å². The van der Waals surface area contributed by atoms with Crippen molar-refractivity contribution in [2.45, 2.75) is 52.5 Å². The first kappa shape index (κ1) is 20.9. The molecule has 1 aromatic heterocycles. The second-order valence-corrected chi connectivity index (χ2v) is 8.58. The molecule has 1 aliphatic rings. The second kappa shape index (κ2) is 9.57. The highest BCUT2D eigenvalue weighted by Crippen LogP contribution is 2.41. The zero-order valence-corrected chi connectivity index (χ0v) is 18.3. The molecular weight excluding hydrogens is 368 g/mol. The van der Waals surface area contributed by atoms with E-state index in [4.69, 9.17) is 4.74 Å². The number of methoxy groups -OCH3 is 1. The second-order valence-electron chi connectivity index (χ2n) is 7.53. The SMILES string of the molecule is CCN(CC)CCC[C@H](C)NC(=O)c1cc2c(s1)-c1cc(OC)ccc1CC2. The zero-order valence-electron chi connectivity index (χ0n) is 17.5. The predicted octanol–water partition coefficient (Wildman–Crippen LogP) is 4.76. The Morgan fingerprint density at radius 2 is 1.96 bits per heavy atom. The van der Waals surface area contributed by atoms with Crippen LogP contribution >= 0.6 is 11.3 Å². The number of ether oxygens (including phenoxy) is 1. The van der Waals surface area contributed by atoms with E-state index in [2.05, 4.69) is 49.2 Å². The molecule has 1 heterocycles. The molecule has 28 heavy (non-hydrogen) atoms. The van der Waals surface area contributed by atoms with Crippen molar-refractivity contribution in [2.24, 2.45) is 0 Å². The van der Waals surface area contributed by atoms with E-state index < -0.39 is 0 Å². The van der Waals surface area contributed by atoms with Crippen molar-refractivity contribution in [3.63, 3.8) is 0 Å². The van der Waals surface area contributed by atoms with Gasteiger partial charge in [-0.25, -0.2) is 0 Å². The van der Waals surface area contributed by atoms with Gasteiger partial charge in [0.05, 0.1) is 12.0 Å². The van der Waals surface area contributed by atoms with Gasteiger partial charge in [0.1, 0.15) is 5.75 Å². The minimum atomic E-state index is 0.0548. The van der Waals surface area contributed by atoms with E-state index in [9.17, 15) is 4.79 Å². The topological polar surface area (TPSA) is 41.6 Å². The molecule has 0 fully saturated rings. The molecule has 0 saturated heterocycles. The molecule has 5 heteroatoms. The van der Waals surface area contributed by atoms with Gasteiger partial charge in [-0.1, -0.05) is 19.9 Å². The molecule has 0 unspecified atom stereocenters. The maximum atomic E-state index is 12.8. The van der Waals surface area contributed by atoms with Crippen molar-refractivity contribution < 1.29 is 9.53 Å². The van der Waals surface area contributed by atoms with Crippen LogP contribution in [0.15, 0.2) is 24.3 Å². The number of amides is 1. The summed E-state index contributed by atoms with van der Waals surface area (Å²) in [6, 6.07) is 8.54. The number of aryl methyl sites for hydroxylation is 2. The lowest BCUT2D eigenvalue weighted by molar-refractivity contribution is 0.0941. The number of carbonyl (C=O) groups is 1. The van der Waals surface area contributed by atoms with Gasteiger partial charge in [0.15, 0.2) is 0 Å². The average molecular weight is 401 g/mol. The molecule has 0 saturated carbocycles. The molecule has 3 rings (SSSR count). The van der Waals surface area contributed by atoms with E-state index in [0.717, 1.165) is 55.9 Å². The summed E-state index contributed by atoms with van der Waals surface area (Å²) >= 11 is 1.61. The molecule has 4 nitrogen and oxygen atoms in total. The minimum absolute atomic E-state index is 0.0548. The van der Waals surface area contributed by atoms with Gasteiger partial charge in [-0.05, 0) is 87.1 Å². The van der Waals surface area contributed by atoms with E-state index in [-0.39, 0.29) is 11.9 Å². The largest absolute Gasteiger partial charge is 0.497 e. The summed E-state index contributed by atoms with van der Waals surface area (Å²) in [6.45, 7) is 9.77. The third-order valence-electron chi connectivity index (χ3n) is 5.64. The Labute approximate surface area is 172 Å². The van der Waals surface area contributed by atoms with E-state index in [1.807, 2.05) is 6.07 Å². The number of benzene rings is 1. The van der Waals surface area contributed by atoms with Crippen LogP contribution in [0.3, 0.4) is 0 Å². The van der Waals surface area contributed by atoms with Crippen LogP contribution in [0.4, 0.5) is 0 Å². The van der Waals surface area contributed by atoms with Gasteiger partial charge >= 0.3 is 0 Å². The van der Waals surface area contributed by atoms with Crippen LogP contribution in [0.5, 0.6) is 5.75 Å². The molecule has 152 valence electrons. The average Bonchev–Trinajstić information content (AvgIpc) is 3.16. The number of carbonyl (C=O) groups excluding carboxylic acids is 1. The highest BCUT2D eigenvalue weighted by Gasteiger charge is 2.22. The van der Waals surface area contributed by atoms with Gasteiger partial charge in [-0.2, -0.15) is 0 Å². The number of hydrogen-bond acceptors (Lipinski definition) is 4. The van der Waals surface area contributed by atoms with Crippen molar-refractivity contribution in [3.8, 4) is 16.2 Å².